The minimum absolute atomic E-state index is 0.0365. The van der Waals surface area contributed by atoms with Crippen molar-refractivity contribution in [3.8, 4) is 0 Å². The molecule has 2 aromatic rings. The summed E-state index contributed by atoms with van der Waals surface area (Å²) in [7, 11) is 0. The largest absolute Gasteiger partial charge is 0.378 e. The summed E-state index contributed by atoms with van der Waals surface area (Å²) < 4.78 is 5.40. The molecule has 1 saturated heterocycles. The van der Waals surface area contributed by atoms with Crippen LogP contribution in [0.4, 0.5) is 5.69 Å². The van der Waals surface area contributed by atoms with Crippen molar-refractivity contribution in [1.29, 1.82) is 0 Å². The summed E-state index contributed by atoms with van der Waals surface area (Å²) >= 11 is 1.62. The van der Waals surface area contributed by atoms with Crippen molar-refractivity contribution < 1.29 is 9.53 Å². The maximum Gasteiger partial charge on any atom is 0.244 e. The van der Waals surface area contributed by atoms with E-state index in [1.807, 2.05) is 35.9 Å². The highest BCUT2D eigenvalue weighted by Gasteiger charge is 2.13. The second-order valence-corrected chi connectivity index (χ2v) is 6.59. The summed E-state index contributed by atoms with van der Waals surface area (Å²) in [6, 6.07) is 10.3. The summed E-state index contributed by atoms with van der Waals surface area (Å²) in [6.07, 6.45) is 3.42. The Morgan fingerprint density at radius 1 is 1.33 bits per heavy atom. The molecule has 1 N–H and O–H groups in total. The molecule has 1 aromatic carbocycles. The van der Waals surface area contributed by atoms with Gasteiger partial charge in [-0.3, -0.25) is 4.79 Å². The second-order valence-electron chi connectivity index (χ2n) is 5.81. The van der Waals surface area contributed by atoms with E-state index in [1.165, 1.54) is 5.69 Å². The van der Waals surface area contributed by atoms with Crippen LogP contribution in [0.3, 0.4) is 0 Å². The van der Waals surface area contributed by atoms with Crippen molar-refractivity contribution in [2.24, 2.45) is 0 Å². The molecule has 0 radical (unpaired) electrons. The number of amides is 1. The lowest BCUT2D eigenvalue weighted by Gasteiger charge is -2.29. The van der Waals surface area contributed by atoms with Gasteiger partial charge in [0.1, 0.15) is 0 Å². The van der Waals surface area contributed by atoms with Gasteiger partial charge in [-0.2, -0.15) is 11.3 Å². The number of benzene rings is 1. The van der Waals surface area contributed by atoms with E-state index < -0.39 is 0 Å². The van der Waals surface area contributed by atoms with Crippen molar-refractivity contribution in [3.63, 3.8) is 0 Å². The molecule has 1 fully saturated rings. The number of morpholine rings is 1. The number of hydrogen-bond acceptors (Lipinski definition) is 4. The fraction of sp³-hybridized carbons (Fsp3) is 0.316. The van der Waals surface area contributed by atoms with Gasteiger partial charge in [0.15, 0.2) is 0 Å². The number of thiophene rings is 1. The number of hydrogen-bond donors (Lipinski definition) is 1. The fourth-order valence-electron chi connectivity index (χ4n) is 2.70. The summed E-state index contributed by atoms with van der Waals surface area (Å²) in [5.74, 6) is -0.0783. The highest BCUT2D eigenvalue weighted by molar-refractivity contribution is 7.08. The Morgan fingerprint density at radius 3 is 2.92 bits per heavy atom. The molecule has 0 bridgehead atoms. The third-order valence-corrected chi connectivity index (χ3v) is 4.78. The molecule has 1 amide bonds. The Bertz CT molecular complexity index is 691. The molecule has 126 valence electrons. The molecule has 1 aromatic heterocycles. The van der Waals surface area contributed by atoms with Crippen LogP contribution in [0.5, 0.6) is 0 Å². The molecule has 3 rings (SSSR count). The molecule has 2 heterocycles. The maximum atomic E-state index is 12.1. The van der Waals surface area contributed by atoms with Crippen molar-refractivity contribution in [2.75, 3.05) is 31.2 Å². The van der Waals surface area contributed by atoms with Crippen molar-refractivity contribution >= 4 is 29.0 Å². The average molecular weight is 342 g/mol. The number of nitrogens with zero attached hydrogens (tertiary/aromatic N) is 1. The molecule has 1 aliphatic rings. The van der Waals surface area contributed by atoms with E-state index in [4.69, 9.17) is 4.74 Å². The van der Waals surface area contributed by atoms with Crippen molar-refractivity contribution in [2.45, 2.75) is 13.0 Å². The van der Waals surface area contributed by atoms with E-state index in [1.54, 1.807) is 17.4 Å². The lowest BCUT2D eigenvalue weighted by atomic mass is 10.1. The van der Waals surface area contributed by atoms with Gasteiger partial charge in [-0.25, -0.2) is 0 Å². The predicted octanol–water partition coefficient (Wildman–Crippen LogP) is 3.48. The van der Waals surface area contributed by atoms with E-state index in [9.17, 15) is 4.79 Å². The van der Waals surface area contributed by atoms with Crippen LogP contribution in [-0.2, 0) is 9.53 Å². The van der Waals surface area contributed by atoms with Crippen LogP contribution < -0.4 is 10.2 Å². The van der Waals surface area contributed by atoms with E-state index in [0.29, 0.717) is 0 Å². The second kappa shape index (κ2) is 8.13. The first kappa shape index (κ1) is 16.7. The molecule has 24 heavy (non-hydrogen) atoms. The Morgan fingerprint density at radius 2 is 2.17 bits per heavy atom. The molecule has 0 unspecified atom stereocenters. The first-order valence-corrected chi connectivity index (χ1v) is 9.10. The number of ether oxygens (including phenoxy) is 1. The molecule has 4 nitrogen and oxygen atoms in total. The van der Waals surface area contributed by atoms with Gasteiger partial charge in [-0.15, -0.1) is 0 Å². The highest BCUT2D eigenvalue weighted by atomic mass is 32.1. The fourth-order valence-corrected chi connectivity index (χ4v) is 3.33. The minimum Gasteiger partial charge on any atom is -0.378 e. The van der Waals surface area contributed by atoms with Crippen LogP contribution in [0.25, 0.3) is 6.08 Å². The SMILES string of the molecule is C[C@H](NC(=O)/C=C\c1ccsc1)c1cccc(N2CCOCC2)c1. The summed E-state index contributed by atoms with van der Waals surface area (Å²) in [5.41, 5.74) is 3.35. The first-order valence-electron chi connectivity index (χ1n) is 8.16. The van der Waals surface area contributed by atoms with Crippen LogP contribution in [0.1, 0.15) is 24.1 Å². The molecule has 0 aliphatic carbocycles. The van der Waals surface area contributed by atoms with Crippen LogP contribution in [0, 0.1) is 0 Å². The topological polar surface area (TPSA) is 41.6 Å². The Hall–Kier alpha value is -2.11. The summed E-state index contributed by atoms with van der Waals surface area (Å²) in [4.78, 5) is 14.4. The zero-order valence-corrected chi connectivity index (χ0v) is 14.6. The Balaban J connectivity index is 1.61. The zero-order chi connectivity index (χ0) is 16.8. The van der Waals surface area contributed by atoms with Gasteiger partial charge < -0.3 is 15.0 Å². The van der Waals surface area contributed by atoms with Gasteiger partial charge in [-0.05, 0) is 53.1 Å². The molecule has 0 spiro atoms. The van der Waals surface area contributed by atoms with Crippen LogP contribution in [-0.4, -0.2) is 32.2 Å². The quantitative estimate of drug-likeness (QED) is 0.846. The van der Waals surface area contributed by atoms with Gasteiger partial charge in [0, 0.05) is 24.9 Å². The number of nitrogens with one attached hydrogen (secondary N) is 1. The molecular formula is C19H22N2O2S. The minimum atomic E-state index is -0.0783. The maximum absolute atomic E-state index is 12.1. The molecule has 5 heteroatoms. The van der Waals surface area contributed by atoms with Gasteiger partial charge in [-0.1, -0.05) is 12.1 Å². The monoisotopic (exact) mass is 342 g/mol. The molecule has 1 aliphatic heterocycles. The third kappa shape index (κ3) is 4.46. The van der Waals surface area contributed by atoms with E-state index in [0.717, 1.165) is 37.4 Å². The third-order valence-electron chi connectivity index (χ3n) is 4.08. The van der Waals surface area contributed by atoms with Crippen molar-refractivity contribution in [3.05, 3.63) is 58.3 Å². The lowest BCUT2D eigenvalue weighted by molar-refractivity contribution is -0.117. The van der Waals surface area contributed by atoms with E-state index in [2.05, 4.69) is 28.4 Å². The van der Waals surface area contributed by atoms with E-state index >= 15 is 0 Å². The number of carbonyl (C=O) groups is 1. The Labute approximate surface area is 146 Å². The normalized spacial score (nSPS) is 16.3. The summed E-state index contributed by atoms with van der Waals surface area (Å²) in [6.45, 7) is 5.36. The van der Waals surface area contributed by atoms with Crippen LogP contribution in [0.2, 0.25) is 0 Å². The van der Waals surface area contributed by atoms with E-state index in [-0.39, 0.29) is 11.9 Å². The van der Waals surface area contributed by atoms with Gasteiger partial charge >= 0.3 is 0 Å². The van der Waals surface area contributed by atoms with Gasteiger partial charge in [0.2, 0.25) is 5.91 Å². The smallest absolute Gasteiger partial charge is 0.244 e. The zero-order valence-electron chi connectivity index (χ0n) is 13.8. The number of anilines is 1. The van der Waals surface area contributed by atoms with Crippen LogP contribution in [0.15, 0.2) is 47.2 Å². The molecule has 1 atom stereocenters. The van der Waals surface area contributed by atoms with Gasteiger partial charge in [0.05, 0.1) is 19.3 Å². The lowest BCUT2D eigenvalue weighted by Crippen LogP contribution is -2.36. The number of carbonyl (C=O) groups excluding carboxylic acids is 1. The number of rotatable bonds is 5. The molecular weight excluding hydrogens is 320 g/mol. The highest BCUT2D eigenvalue weighted by Crippen LogP contribution is 2.21. The standard InChI is InChI=1S/C19H22N2O2S/c1-15(20-19(22)6-5-16-7-12-24-14-16)17-3-2-4-18(13-17)21-8-10-23-11-9-21/h2-7,12-15H,8-11H2,1H3,(H,20,22)/b6-5-/t15-/m0/s1. The molecule has 0 saturated carbocycles. The summed E-state index contributed by atoms with van der Waals surface area (Å²) in [5, 5.41) is 7.03. The predicted molar refractivity (Wildman–Crippen MR) is 99.4 cm³/mol. The van der Waals surface area contributed by atoms with Crippen LogP contribution >= 0.6 is 11.3 Å². The van der Waals surface area contributed by atoms with Crippen molar-refractivity contribution in [1.82, 2.24) is 5.32 Å². The average Bonchev–Trinajstić information content (AvgIpc) is 3.14. The van der Waals surface area contributed by atoms with Gasteiger partial charge in [0.25, 0.3) is 0 Å². The Kier molecular flexibility index (Phi) is 5.67. The first-order chi connectivity index (χ1) is 11.7.